The third-order valence-electron chi connectivity index (χ3n) is 6.19. The van der Waals surface area contributed by atoms with Gasteiger partial charge in [-0.05, 0) is 74.5 Å². The summed E-state index contributed by atoms with van der Waals surface area (Å²) in [6.45, 7) is 0. The molecule has 0 radical (unpaired) electrons. The zero-order valence-electron chi connectivity index (χ0n) is 17.0. The molecule has 1 aromatic carbocycles. The number of carboxylic acid groups (broad SMARTS) is 1. The van der Waals surface area contributed by atoms with Crippen molar-refractivity contribution in [1.29, 1.82) is 0 Å². The van der Waals surface area contributed by atoms with E-state index in [2.05, 4.69) is 0 Å². The van der Waals surface area contributed by atoms with Crippen molar-refractivity contribution in [3.05, 3.63) is 35.6 Å². The molecule has 5 nitrogen and oxygen atoms in total. The van der Waals surface area contributed by atoms with Crippen molar-refractivity contribution < 1.29 is 29.6 Å². The van der Waals surface area contributed by atoms with Crippen molar-refractivity contribution in [1.82, 2.24) is 0 Å². The smallest absolute Gasteiger partial charge is 0.303 e. The normalized spacial score (nSPS) is 25.2. The van der Waals surface area contributed by atoms with Crippen LogP contribution in [-0.4, -0.2) is 44.7 Å². The Morgan fingerprint density at radius 2 is 1.72 bits per heavy atom. The predicted octanol–water partition coefficient (Wildman–Crippen LogP) is 3.68. The summed E-state index contributed by atoms with van der Waals surface area (Å²) < 4.78 is 13.2. The Morgan fingerprint density at radius 3 is 2.41 bits per heavy atom. The molecule has 164 valence electrons. The third-order valence-corrected chi connectivity index (χ3v) is 6.19. The fourth-order valence-corrected chi connectivity index (χ4v) is 4.55. The number of carbonyl (C=O) groups is 1. The fourth-order valence-electron chi connectivity index (χ4n) is 4.55. The number of rotatable bonds is 13. The molecule has 5 atom stereocenters. The van der Waals surface area contributed by atoms with Gasteiger partial charge in [-0.25, -0.2) is 4.39 Å². The van der Waals surface area contributed by atoms with Crippen LogP contribution in [0.25, 0.3) is 0 Å². The van der Waals surface area contributed by atoms with Crippen molar-refractivity contribution in [2.24, 2.45) is 11.8 Å². The number of halogens is 1. The van der Waals surface area contributed by atoms with Crippen molar-refractivity contribution in [2.75, 3.05) is 0 Å². The average Bonchev–Trinajstić information content (AvgIpc) is 2.93. The van der Waals surface area contributed by atoms with E-state index in [0.29, 0.717) is 38.5 Å². The minimum atomic E-state index is -0.768. The van der Waals surface area contributed by atoms with Gasteiger partial charge >= 0.3 is 5.97 Å². The fraction of sp³-hybridized carbons (Fsp3) is 0.696. The van der Waals surface area contributed by atoms with E-state index >= 15 is 0 Å². The van der Waals surface area contributed by atoms with Gasteiger partial charge in [0.15, 0.2) is 0 Å². The van der Waals surface area contributed by atoms with Gasteiger partial charge in [-0.2, -0.15) is 0 Å². The molecule has 0 heterocycles. The first-order valence-corrected chi connectivity index (χ1v) is 10.9. The van der Waals surface area contributed by atoms with Gasteiger partial charge < -0.3 is 20.4 Å². The highest BCUT2D eigenvalue weighted by Crippen LogP contribution is 2.39. The number of carboxylic acids is 1. The summed E-state index contributed by atoms with van der Waals surface area (Å²) in [5.41, 5.74) is 0.862. The van der Waals surface area contributed by atoms with Gasteiger partial charge in [0.1, 0.15) is 5.82 Å². The number of aliphatic carboxylic acids is 1. The lowest BCUT2D eigenvalue weighted by Crippen LogP contribution is -2.24. The number of benzene rings is 1. The molecule has 1 aliphatic rings. The zero-order chi connectivity index (χ0) is 21.2. The summed E-state index contributed by atoms with van der Waals surface area (Å²) in [5.74, 6) is -1.03. The minimum absolute atomic E-state index is 0.0205. The maximum Gasteiger partial charge on any atom is 0.303 e. The molecule has 1 fully saturated rings. The van der Waals surface area contributed by atoms with Gasteiger partial charge in [0.2, 0.25) is 0 Å². The van der Waals surface area contributed by atoms with Gasteiger partial charge in [0.05, 0.1) is 18.3 Å². The molecular formula is C23H35FO5. The molecule has 1 aromatic rings. The Labute approximate surface area is 172 Å². The summed E-state index contributed by atoms with van der Waals surface area (Å²) in [5, 5.41) is 39.6. The number of hydrogen-bond acceptors (Lipinski definition) is 4. The van der Waals surface area contributed by atoms with E-state index in [1.54, 1.807) is 6.07 Å². The van der Waals surface area contributed by atoms with Crippen LogP contribution in [0.4, 0.5) is 4.39 Å². The average molecular weight is 411 g/mol. The summed E-state index contributed by atoms with van der Waals surface area (Å²) in [4.78, 5) is 10.5. The zero-order valence-corrected chi connectivity index (χ0v) is 17.0. The van der Waals surface area contributed by atoms with E-state index in [0.717, 1.165) is 31.2 Å². The van der Waals surface area contributed by atoms with Gasteiger partial charge in [0.25, 0.3) is 0 Å². The first kappa shape index (κ1) is 23.8. The van der Waals surface area contributed by atoms with Crippen LogP contribution in [0.3, 0.4) is 0 Å². The van der Waals surface area contributed by atoms with E-state index in [1.807, 2.05) is 6.07 Å². The highest BCUT2D eigenvalue weighted by Gasteiger charge is 2.40. The summed E-state index contributed by atoms with van der Waals surface area (Å²) >= 11 is 0. The maximum atomic E-state index is 13.2. The molecule has 2 rings (SSSR count). The Balaban J connectivity index is 1.71. The van der Waals surface area contributed by atoms with Crippen LogP contribution in [0.1, 0.15) is 69.8 Å². The molecule has 0 amide bonds. The van der Waals surface area contributed by atoms with E-state index < -0.39 is 24.3 Å². The van der Waals surface area contributed by atoms with Crippen molar-refractivity contribution in [3.8, 4) is 0 Å². The summed E-state index contributed by atoms with van der Waals surface area (Å²) in [7, 11) is 0. The quantitative estimate of drug-likeness (QED) is 0.372. The number of aliphatic hydroxyl groups is 3. The molecule has 29 heavy (non-hydrogen) atoms. The Bertz CT molecular complexity index is 623. The van der Waals surface area contributed by atoms with Crippen molar-refractivity contribution >= 4 is 5.97 Å². The molecule has 1 saturated carbocycles. The third kappa shape index (κ3) is 8.41. The lowest BCUT2D eigenvalue weighted by atomic mass is 9.84. The lowest BCUT2D eigenvalue weighted by molar-refractivity contribution is -0.137. The molecule has 0 bridgehead atoms. The summed E-state index contributed by atoms with van der Waals surface area (Å²) in [6, 6.07) is 6.40. The monoisotopic (exact) mass is 410 g/mol. The van der Waals surface area contributed by atoms with Crippen molar-refractivity contribution in [3.63, 3.8) is 0 Å². The summed E-state index contributed by atoms with van der Waals surface area (Å²) in [6.07, 6.45) is 5.55. The van der Waals surface area contributed by atoms with E-state index in [4.69, 9.17) is 5.11 Å². The number of unbranched alkanes of at least 4 members (excludes halogenated alkanes) is 3. The second-order valence-corrected chi connectivity index (χ2v) is 8.44. The molecule has 0 spiro atoms. The molecule has 0 saturated heterocycles. The first-order valence-electron chi connectivity index (χ1n) is 10.9. The predicted molar refractivity (Wildman–Crippen MR) is 109 cm³/mol. The minimum Gasteiger partial charge on any atom is -0.481 e. The van der Waals surface area contributed by atoms with E-state index in [9.17, 15) is 24.5 Å². The second-order valence-electron chi connectivity index (χ2n) is 8.44. The van der Waals surface area contributed by atoms with E-state index in [1.165, 1.54) is 12.1 Å². The van der Waals surface area contributed by atoms with Crippen LogP contribution in [0.5, 0.6) is 0 Å². The lowest BCUT2D eigenvalue weighted by Gasteiger charge is -2.24. The van der Waals surface area contributed by atoms with Crippen LogP contribution in [0.15, 0.2) is 24.3 Å². The van der Waals surface area contributed by atoms with Crippen LogP contribution in [-0.2, 0) is 11.2 Å². The van der Waals surface area contributed by atoms with E-state index in [-0.39, 0.29) is 24.1 Å². The van der Waals surface area contributed by atoms with Crippen LogP contribution in [0.2, 0.25) is 0 Å². The maximum absolute atomic E-state index is 13.2. The van der Waals surface area contributed by atoms with Crippen LogP contribution >= 0.6 is 0 Å². The highest BCUT2D eigenvalue weighted by molar-refractivity contribution is 5.66. The van der Waals surface area contributed by atoms with Gasteiger partial charge in [-0.1, -0.05) is 31.4 Å². The molecule has 4 N–H and O–H groups in total. The molecule has 1 aliphatic carbocycles. The topological polar surface area (TPSA) is 98.0 Å². The molecular weight excluding hydrogens is 375 g/mol. The Morgan fingerprint density at radius 1 is 1.03 bits per heavy atom. The first-order chi connectivity index (χ1) is 13.9. The second kappa shape index (κ2) is 12.3. The number of aliphatic hydroxyl groups excluding tert-OH is 3. The Hall–Kier alpha value is -1.50. The molecule has 5 unspecified atom stereocenters. The van der Waals surface area contributed by atoms with Crippen LogP contribution in [0, 0.1) is 17.7 Å². The van der Waals surface area contributed by atoms with Crippen molar-refractivity contribution in [2.45, 2.75) is 88.9 Å². The largest absolute Gasteiger partial charge is 0.481 e. The Kier molecular flexibility index (Phi) is 10.0. The van der Waals surface area contributed by atoms with Gasteiger partial charge in [0, 0.05) is 6.42 Å². The molecule has 0 aliphatic heterocycles. The molecule has 0 aromatic heterocycles. The highest BCUT2D eigenvalue weighted by atomic mass is 19.1. The van der Waals surface area contributed by atoms with Gasteiger partial charge in [-0.3, -0.25) is 4.79 Å². The number of hydrogen-bond donors (Lipinski definition) is 4. The number of aryl methyl sites for hydroxylation is 1. The standard InChI is InChI=1S/C23H35FO5/c24-17-7-5-6-16(14-17)10-11-18(25)12-13-20-19(21(26)15-22(20)27)8-3-1-2-4-9-23(28)29/h5-7,14,18-22,25-27H,1-4,8-13,15H2,(H,28,29). The molecule has 6 heteroatoms. The van der Waals surface area contributed by atoms with Crippen LogP contribution < -0.4 is 0 Å². The van der Waals surface area contributed by atoms with Gasteiger partial charge in [-0.15, -0.1) is 0 Å². The SMILES string of the molecule is O=C(O)CCCCCCC1C(O)CC(O)C1CCC(O)CCc1cccc(F)c1.